The van der Waals surface area contributed by atoms with Crippen molar-refractivity contribution in [2.45, 2.75) is 5.37 Å². The fourth-order valence-electron chi connectivity index (χ4n) is 7.02. The Kier molecular flexibility index (Phi) is 6.14. The van der Waals surface area contributed by atoms with Crippen LogP contribution in [-0.4, -0.2) is 15.4 Å². The topological polar surface area (TPSA) is 42.8 Å². The zero-order chi connectivity index (χ0) is 31.6. The highest BCUT2D eigenvalue weighted by Gasteiger charge is 2.24. The minimum atomic E-state index is -0.0938. The Morgan fingerprint density at radius 3 is 2.12 bits per heavy atom. The summed E-state index contributed by atoms with van der Waals surface area (Å²) in [5.41, 5.74) is 8.24. The second-order valence-electron chi connectivity index (χ2n) is 12.2. The molecule has 4 nitrogen and oxygen atoms in total. The number of hydrogen-bond acceptors (Lipinski definition) is 4. The van der Waals surface area contributed by atoms with Gasteiger partial charge >= 0.3 is 0 Å². The van der Waals surface area contributed by atoms with Gasteiger partial charge in [0.2, 0.25) is 0 Å². The summed E-state index contributed by atoms with van der Waals surface area (Å²) in [5.74, 6) is 0.725. The molecule has 0 N–H and O–H groups in total. The van der Waals surface area contributed by atoms with Crippen molar-refractivity contribution in [1.29, 1.82) is 0 Å². The first-order chi connectivity index (χ1) is 23.8. The number of rotatable bonds is 4. The van der Waals surface area contributed by atoms with E-state index < -0.39 is 0 Å². The fourth-order valence-corrected chi connectivity index (χ4v) is 8.09. The lowest BCUT2D eigenvalue weighted by atomic mass is 10.1. The number of nitrogens with zero attached hydrogens (tertiary/aromatic N) is 3. The highest BCUT2D eigenvalue weighted by atomic mass is 32.2. The average Bonchev–Trinajstić information content (AvgIpc) is 3.69. The highest BCUT2D eigenvalue weighted by molar-refractivity contribution is 8.14. The summed E-state index contributed by atoms with van der Waals surface area (Å²) >= 11 is 1.69. The number of para-hydroxylation sites is 2. The van der Waals surface area contributed by atoms with Crippen LogP contribution in [-0.2, 0) is 0 Å². The Labute approximate surface area is 280 Å². The molecule has 3 heterocycles. The molecule has 1 aliphatic rings. The van der Waals surface area contributed by atoms with E-state index in [-0.39, 0.29) is 5.37 Å². The molecule has 0 aliphatic carbocycles. The van der Waals surface area contributed by atoms with E-state index in [1.807, 2.05) is 12.1 Å². The lowest BCUT2D eigenvalue weighted by Gasteiger charge is -2.20. The predicted octanol–water partition coefficient (Wildman–Crippen LogP) is 11.5. The number of aromatic nitrogens is 1. The van der Waals surface area contributed by atoms with Crippen LogP contribution in [0.3, 0.4) is 0 Å². The van der Waals surface area contributed by atoms with Crippen LogP contribution in [0.2, 0.25) is 0 Å². The van der Waals surface area contributed by atoms with Gasteiger partial charge in [-0.15, -0.1) is 0 Å². The van der Waals surface area contributed by atoms with Crippen molar-refractivity contribution in [2.75, 3.05) is 0 Å². The molecule has 0 spiro atoms. The second kappa shape index (κ2) is 10.8. The van der Waals surface area contributed by atoms with Crippen molar-refractivity contribution in [3.63, 3.8) is 0 Å². The molecular formula is C43H27N3OS. The number of benzene rings is 7. The van der Waals surface area contributed by atoms with Crippen molar-refractivity contribution in [1.82, 2.24) is 4.57 Å². The molecule has 0 fully saturated rings. The molecule has 7 aromatic carbocycles. The molecule has 0 saturated heterocycles. The summed E-state index contributed by atoms with van der Waals surface area (Å²) < 4.78 is 9.07. The van der Waals surface area contributed by atoms with Crippen LogP contribution in [0.15, 0.2) is 172 Å². The first kappa shape index (κ1) is 27.2. The van der Waals surface area contributed by atoms with Crippen molar-refractivity contribution < 1.29 is 4.42 Å². The normalized spacial score (nSPS) is 15.0. The molecule has 2 aromatic heterocycles. The van der Waals surface area contributed by atoms with E-state index in [0.29, 0.717) is 0 Å². The molecule has 1 aliphatic heterocycles. The van der Waals surface area contributed by atoms with Crippen LogP contribution in [0.5, 0.6) is 0 Å². The van der Waals surface area contributed by atoms with Gasteiger partial charge in [0.25, 0.3) is 0 Å². The van der Waals surface area contributed by atoms with Gasteiger partial charge < -0.3 is 8.98 Å². The first-order valence-corrected chi connectivity index (χ1v) is 17.0. The Bertz CT molecular complexity index is 2760. The average molecular weight is 634 g/mol. The molecule has 0 bridgehead atoms. The van der Waals surface area contributed by atoms with E-state index in [0.717, 1.165) is 66.2 Å². The Morgan fingerprint density at radius 1 is 0.542 bits per heavy atom. The number of hydrogen-bond donors (Lipinski definition) is 0. The monoisotopic (exact) mass is 633 g/mol. The van der Waals surface area contributed by atoms with E-state index in [9.17, 15) is 0 Å². The molecule has 0 saturated carbocycles. The predicted molar refractivity (Wildman–Crippen MR) is 202 cm³/mol. The molecule has 0 amide bonds. The lowest BCUT2D eigenvalue weighted by Crippen LogP contribution is -2.12. The molecule has 226 valence electrons. The zero-order valence-electron chi connectivity index (χ0n) is 25.7. The van der Waals surface area contributed by atoms with Gasteiger partial charge in [0.05, 0.1) is 16.7 Å². The van der Waals surface area contributed by atoms with Crippen molar-refractivity contribution in [3.05, 3.63) is 174 Å². The standard InChI is InChI=1S/C43H27N3OS/c1-3-12-27(13-4-1)42-44-41(45-43(48-42)28-14-5-2-6-15-28)31-22-23-39-35(25-31)33-19-11-21-37(40(33)47-39)46-36-20-10-9-18-32(36)34-24-29-16-7-8-17-30(29)26-38(34)46/h1-26,42H. The Hall–Kier alpha value is -5.91. The van der Waals surface area contributed by atoms with Crippen molar-refractivity contribution >= 4 is 77.2 Å². The SMILES string of the molecule is c1ccc(C2=NC(c3ccc4oc5c(-n6c7ccccc7c7cc8ccccc8cc76)cccc5c4c3)=NC(c3ccccc3)S2)cc1. The van der Waals surface area contributed by atoms with Crippen molar-refractivity contribution in [3.8, 4) is 5.69 Å². The van der Waals surface area contributed by atoms with Gasteiger partial charge in [0, 0.05) is 32.7 Å². The summed E-state index contributed by atoms with van der Waals surface area (Å²) in [5, 5.41) is 7.88. The lowest BCUT2D eigenvalue weighted by molar-refractivity contribution is 0.666. The van der Waals surface area contributed by atoms with Gasteiger partial charge in [-0.05, 0) is 58.8 Å². The van der Waals surface area contributed by atoms with Crippen LogP contribution in [0, 0.1) is 0 Å². The molecule has 10 rings (SSSR count). The van der Waals surface area contributed by atoms with Gasteiger partial charge in [-0.1, -0.05) is 127 Å². The Morgan fingerprint density at radius 2 is 1.27 bits per heavy atom. The second-order valence-corrected chi connectivity index (χ2v) is 13.2. The van der Waals surface area contributed by atoms with Crippen LogP contribution in [0.25, 0.3) is 60.2 Å². The number of aliphatic imine (C=N–C) groups is 2. The molecule has 1 atom stereocenters. The van der Waals surface area contributed by atoms with E-state index in [1.165, 1.54) is 21.5 Å². The number of fused-ring (bicyclic) bond motifs is 7. The van der Waals surface area contributed by atoms with Gasteiger partial charge in [0.1, 0.15) is 16.0 Å². The maximum atomic E-state index is 6.72. The van der Waals surface area contributed by atoms with Crippen LogP contribution in [0.1, 0.15) is 22.1 Å². The molecule has 48 heavy (non-hydrogen) atoms. The maximum Gasteiger partial charge on any atom is 0.159 e. The molecule has 5 heteroatoms. The molecular weight excluding hydrogens is 607 g/mol. The van der Waals surface area contributed by atoms with E-state index in [2.05, 4.69) is 150 Å². The van der Waals surface area contributed by atoms with E-state index >= 15 is 0 Å². The summed E-state index contributed by atoms with van der Waals surface area (Å²) in [4.78, 5) is 10.3. The first-order valence-electron chi connectivity index (χ1n) is 16.1. The van der Waals surface area contributed by atoms with Gasteiger partial charge in [0.15, 0.2) is 11.4 Å². The van der Waals surface area contributed by atoms with Gasteiger partial charge in [-0.2, -0.15) is 0 Å². The number of thioether (sulfide) groups is 1. The largest absolute Gasteiger partial charge is 0.454 e. The third kappa shape index (κ3) is 4.32. The van der Waals surface area contributed by atoms with Crippen LogP contribution in [0.4, 0.5) is 0 Å². The maximum absolute atomic E-state index is 6.72. The minimum Gasteiger partial charge on any atom is -0.454 e. The third-order valence-electron chi connectivity index (χ3n) is 9.29. The van der Waals surface area contributed by atoms with Crippen LogP contribution >= 0.6 is 11.8 Å². The summed E-state index contributed by atoms with van der Waals surface area (Å²) in [6.07, 6.45) is 0. The van der Waals surface area contributed by atoms with E-state index in [4.69, 9.17) is 14.4 Å². The summed E-state index contributed by atoms with van der Waals surface area (Å²) in [6.45, 7) is 0. The molecule has 1 unspecified atom stereocenters. The zero-order valence-corrected chi connectivity index (χ0v) is 26.6. The van der Waals surface area contributed by atoms with E-state index in [1.54, 1.807) is 11.8 Å². The Balaban J connectivity index is 1.17. The summed E-state index contributed by atoms with van der Waals surface area (Å²) in [7, 11) is 0. The quantitative estimate of drug-likeness (QED) is 0.194. The number of amidine groups is 1. The minimum absolute atomic E-state index is 0.0938. The van der Waals surface area contributed by atoms with Gasteiger partial charge in [-0.3, -0.25) is 0 Å². The third-order valence-corrected chi connectivity index (χ3v) is 10.4. The molecule has 9 aromatic rings. The smallest absolute Gasteiger partial charge is 0.159 e. The number of furan rings is 1. The fraction of sp³-hybridized carbons (Fsp3) is 0.0233. The molecule has 0 radical (unpaired) electrons. The van der Waals surface area contributed by atoms with Crippen molar-refractivity contribution in [2.24, 2.45) is 9.98 Å². The van der Waals surface area contributed by atoms with Crippen LogP contribution < -0.4 is 0 Å². The summed E-state index contributed by atoms with van der Waals surface area (Å²) in [6, 6.07) is 55.4. The van der Waals surface area contributed by atoms with Gasteiger partial charge in [-0.25, -0.2) is 9.98 Å². The highest BCUT2D eigenvalue weighted by Crippen LogP contribution is 2.41.